The number of benzene rings is 1. The molecule has 0 saturated heterocycles. The Bertz CT molecular complexity index is 857. The highest BCUT2D eigenvalue weighted by atomic mass is 16.4. The number of fused-ring (bicyclic) bond motifs is 5. The summed E-state index contributed by atoms with van der Waals surface area (Å²) < 4.78 is 7.78. The molecule has 0 atom stereocenters. The number of aryl methyl sites for hydroxylation is 1. The smallest absolute Gasteiger partial charge is 0.307 e. The van der Waals surface area contributed by atoms with Gasteiger partial charge in [-0.25, -0.2) is 0 Å². The number of oxazole rings is 1. The molecule has 0 N–H and O–H groups in total. The fourth-order valence-corrected chi connectivity index (χ4v) is 2.24. The molecule has 82 valence electrons. The fourth-order valence-electron chi connectivity index (χ4n) is 2.24. The van der Waals surface area contributed by atoms with E-state index < -0.39 is 0 Å². The van der Waals surface area contributed by atoms with Gasteiger partial charge in [-0.2, -0.15) is 4.98 Å². The Balaban J connectivity index is 2.36. The van der Waals surface area contributed by atoms with Crippen LogP contribution in [0.2, 0.25) is 0 Å². The van der Waals surface area contributed by atoms with Crippen molar-refractivity contribution in [2.45, 2.75) is 6.92 Å². The highest BCUT2D eigenvalue weighted by Crippen LogP contribution is 2.26. The molecular formula is C13H9N3O. The van der Waals surface area contributed by atoms with Crippen molar-refractivity contribution >= 4 is 28.0 Å². The number of para-hydroxylation sites is 2. The second-order valence-electron chi connectivity index (χ2n) is 4.07. The van der Waals surface area contributed by atoms with E-state index in [4.69, 9.17) is 4.42 Å². The van der Waals surface area contributed by atoms with Gasteiger partial charge in [0.25, 0.3) is 0 Å². The van der Waals surface area contributed by atoms with Gasteiger partial charge in [-0.3, -0.25) is 9.38 Å². The minimum absolute atomic E-state index is 0.623. The van der Waals surface area contributed by atoms with E-state index in [1.54, 1.807) is 6.20 Å². The average molecular weight is 223 g/mol. The molecule has 0 radical (unpaired) electrons. The second-order valence-corrected chi connectivity index (χ2v) is 4.07. The topological polar surface area (TPSA) is 43.3 Å². The lowest BCUT2D eigenvalue weighted by molar-refractivity contribution is 0.638. The lowest BCUT2D eigenvalue weighted by Crippen LogP contribution is -1.83. The number of hydrogen-bond donors (Lipinski definition) is 0. The summed E-state index contributed by atoms with van der Waals surface area (Å²) in [4.78, 5) is 8.69. The first kappa shape index (κ1) is 8.75. The van der Waals surface area contributed by atoms with Gasteiger partial charge in [-0.1, -0.05) is 12.1 Å². The van der Waals surface area contributed by atoms with Crippen molar-refractivity contribution in [1.82, 2.24) is 14.4 Å². The largest absolute Gasteiger partial charge is 0.421 e. The van der Waals surface area contributed by atoms with Gasteiger partial charge in [0.05, 0.1) is 22.2 Å². The monoisotopic (exact) mass is 223 g/mol. The van der Waals surface area contributed by atoms with Crippen LogP contribution in [-0.2, 0) is 0 Å². The average Bonchev–Trinajstić information content (AvgIpc) is 2.85. The summed E-state index contributed by atoms with van der Waals surface area (Å²) in [7, 11) is 0. The maximum absolute atomic E-state index is 5.76. The van der Waals surface area contributed by atoms with Gasteiger partial charge in [0.1, 0.15) is 0 Å². The van der Waals surface area contributed by atoms with Gasteiger partial charge in [0, 0.05) is 6.20 Å². The molecule has 0 unspecified atom stereocenters. The van der Waals surface area contributed by atoms with E-state index in [0.717, 1.165) is 27.8 Å². The first-order chi connectivity index (χ1) is 8.34. The van der Waals surface area contributed by atoms with Crippen LogP contribution in [0.15, 0.2) is 40.9 Å². The number of nitrogens with zero attached hydrogens (tertiary/aromatic N) is 3. The van der Waals surface area contributed by atoms with Crippen molar-refractivity contribution in [1.29, 1.82) is 0 Å². The Morgan fingerprint density at radius 3 is 2.94 bits per heavy atom. The Hall–Kier alpha value is -2.36. The maximum atomic E-state index is 5.76. The molecule has 1 aromatic carbocycles. The minimum atomic E-state index is 0.623. The highest BCUT2D eigenvalue weighted by Gasteiger charge is 2.13. The van der Waals surface area contributed by atoms with E-state index in [-0.39, 0.29) is 0 Å². The summed E-state index contributed by atoms with van der Waals surface area (Å²) in [6.07, 6.45) is 1.79. The Morgan fingerprint density at radius 2 is 2.00 bits per heavy atom. The van der Waals surface area contributed by atoms with Crippen molar-refractivity contribution in [2.24, 2.45) is 0 Å². The van der Waals surface area contributed by atoms with E-state index in [9.17, 15) is 0 Å². The third kappa shape index (κ3) is 1.02. The van der Waals surface area contributed by atoms with E-state index in [2.05, 4.69) is 9.97 Å². The minimum Gasteiger partial charge on any atom is -0.421 e. The van der Waals surface area contributed by atoms with Crippen LogP contribution in [0, 0.1) is 6.92 Å². The van der Waals surface area contributed by atoms with E-state index in [0.29, 0.717) is 5.84 Å². The number of pyridine rings is 1. The van der Waals surface area contributed by atoms with Crippen LogP contribution in [0.4, 0.5) is 0 Å². The number of rotatable bonds is 0. The first-order valence-corrected chi connectivity index (χ1v) is 5.46. The van der Waals surface area contributed by atoms with Crippen molar-refractivity contribution in [3.05, 3.63) is 42.2 Å². The van der Waals surface area contributed by atoms with Crippen molar-refractivity contribution in [3.8, 4) is 0 Å². The van der Waals surface area contributed by atoms with E-state index in [1.165, 1.54) is 0 Å². The third-order valence-corrected chi connectivity index (χ3v) is 3.03. The summed E-state index contributed by atoms with van der Waals surface area (Å²) in [6.45, 7) is 1.94. The van der Waals surface area contributed by atoms with Crippen molar-refractivity contribution < 1.29 is 4.42 Å². The van der Waals surface area contributed by atoms with Crippen LogP contribution in [0.3, 0.4) is 0 Å². The molecule has 4 heteroatoms. The van der Waals surface area contributed by atoms with E-state index in [1.807, 2.05) is 41.7 Å². The van der Waals surface area contributed by atoms with Gasteiger partial charge in [-0.05, 0) is 25.1 Å². The zero-order chi connectivity index (χ0) is 11.4. The molecule has 17 heavy (non-hydrogen) atoms. The first-order valence-electron chi connectivity index (χ1n) is 5.46. The van der Waals surface area contributed by atoms with Gasteiger partial charge < -0.3 is 4.42 Å². The van der Waals surface area contributed by atoms with Crippen molar-refractivity contribution in [2.75, 3.05) is 0 Å². The molecule has 0 fully saturated rings. The standard InChI is InChI=1S/C13H9N3O/c1-8-12-11(6-7-14-8)16-10-5-3-2-4-9(10)15-13(16)17-12/h2-7H,1H3. The SMILES string of the molecule is Cc1nccc2c1oc1nc3ccccc3n12. The molecule has 0 aliphatic heterocycles. The fraction of sp³-hybridized carbons (Fsp3) is 0.0769. The van der Waals surface area contributed by atoms with E-state index >= 15 is 0 Å². The molecular weight excluding hydrogens is 214 g/mol. The molecule has 0 amide bonds. The van der Waals surface area contributed by atoms with Crippen LogP contribution in [0.5, 0.6) is 0 Å². The molecule has 0 aliphatic carbocycles. The van der Waals surface area contributed by atoms with Gasteiger partial charge in [-0.15, -0.1) is 0 Å². The third-order valence-electron chi connectivity index (χ3n) is 3.03. The maximum Gasteiger partial charge on any atom is 0.307 e. The van der Waals surface area contributed by atoms with Gasteiger partial charge in [0.2, 0.25) is 0 Å². The molecule has 0 saturated carbocycles. The summed E-state index contributed by atoms with van der Waals surface area (Å²) in [5.41, 5.74) is 4.72. The van der Waals surface area contributed by atoms with Gasteiger partial charge in [0.15, 0.2) is 5.58 Å². The molecule has 0 bridgehead atoms. The van der Waals surface area contributed by atoms with Crippen LogP contribution in [0.1, 0.15) is 5.69 Å². The molecule has 0 spiro atoms. The Labute approximate surface area is 96.5 Å². The molecule has 0 aliphatic rings. The highest BCUT2D eigenvalue weighted by molar-refractivity contribution is 5.88. The van der Waals surface area contributed by atoms with Crippen LogP contribution in [-0.4, -0.2) is 14.4 Å². The zero-order valence-electron chi connectivity index (χ0n) is 9.21. The summed E-state index contributed by atoms with van der Waals surface area (Å²) >= 11 is 0. The Kier molecular flexibility index (Phi) is 1.47. The molecule has 3 heterocycles. The number of hydrogen-bond acceptors (Lipinski definition) is 3. The summed E-state index contributed by atoms with van der Waals surface area (Å²) in [6, 6.07) is 9.96. The lowest BCUT2D eigenvalue weighted by Gasteiger charge is -1.93. The number of imidazole rings is 1. The lowest BCUT2D eigenvalue weighted by atomic mass is 10.3. The predicted octanol–water partition coefficient (Wildman–Crippen LogP) is 2.94. The van der Waals surface area contributed by atoms with Gasteiger partial charge >= 0.3 is 5.84 Å². The van der Waals surface area contributed by atoms with Crippen LogP contribution >= 0.6 is 0 Å². The quantitative estimate of drug-likeness (QED) is 0.460. The second kappa shape index (κ2) is 2.85. The van der Waals surface area contributed by atoms with Crippen molar-refractivity contribution in [3.63, 3.8) is 0 Å². The Morgan fingerprint density at radius 1 is 1.12 bits per heavy atom. The predicted molar refractivity (Wildman–Crippen MR) is 65.0 cm³/mol. The molecule has 4 rings (SSSR count). The molecule has 4 aromatic rings. The number of aromatic nitrogens is 3. The summed E-state index contributed by atoms with van der Waals surface area (Å²) in [5, 5.41) is 0. The normalized spacial score (nSPS) is 11.8. The zero-order valence-corrected chi connectivity index (χ0v) is 9.21. The molecule has 3 aromatic heterocycles. The summed E-state index contributed by atoms with van der Waals surface area (Å²) in [5.74, 6) is 0.623. The molecule has 4 nitrogen and oxygen atoms in total. The van der Waals surface area contributed by atoms with Crippen LogP contribution in [0.25, 0.3) is 28.0 Å². The van der Waals surface area contributed by atoms with Crippen LogP contribution < -0.4 is 0 Å².